The third kappa shape index (κ3) is 2.98. The third-order valence-electron chi connectivity index (χ3n) is 2.64. The Morgan fingerprint density at radius 3 is 3.18 bits per heavy atom. The lowest BCUT2D eigenvalue weighted by molar-refractivity contribution is -0.150. The molecule has 0 aliphatic carbocycles. The molecule has 0 radical (unpaired) electrons. The second-order valence-electron chi connectivity index (χ2n) is 4.01. The Morgan fingerprint density at radius 1 is 1.71 bits per heavy atom. The molecule has 0 saturated heterocycles. The van der Waals surface area contributed by atoms with Crippen LogP contribution in [0.2, 0.25) is 0 Å². The number of carbonyl (C=O) groups is 1. The number of halogens is 1. The smallest absolute Gasteiger partial charge is 0.332 e. The fourth-order valence-electron chi connectivity index (χ4n) is 1.70. The maximum absolute atomic E-state index is 10.6. The van der Waals surface area contributed by atoms with E-state index in [1.807, 2.05) is 18.2 Å². The highest BCUT2D eigenvalue weighted by Gasteiger charge is 2.24. The molecule has 2 atom stereocenters. The van der Waals surface area contributed by atoms with E-state index in [2.05, 4.69) is 15.9 Å². The normalized spacial score (nSPS) is 19.5. The molecule has 0 amide bonds. The number of hydrogen-bond acceptors (Lipinski definition) is 3. The second kappa shape index (κ2) is 5.06. The minimum Gasteiger partial charge on any atom is -0.487 e. The van der Waals surface area contributed by atoms with Crippen molar-refractivity contribution in [3.05, 3.63) is 28.2 Å². The summed E-state index contributed by atoms with van der Waals surface area (Å²) in [6.45, 7) is 1.81. The zero-order valence-corrected chi connectivity index (χ0v) is 10.9. The zero-order chi connectivity index (χ0) is 12.4. The second-order valence-corrected chi connectivity index (χ2v) is 4.93. The molecule has 5 heteroatoms. The van der Waals surface area contributed by atoms with Crippen LogP contribution < -0.4 is 4.74 Å². The molecule has 4 nitrogen and oxygen atoms in total. The first-order valence-electron chi connectivity index (χ1n) is 5.36. The molecule has 92 valence electrons. The van der Waals surface area contributed by atoms with Crippen LogP contribution >= 0.6 is 15.9 Å². The van der Waals surface area contributed by atoms with Crippen LogP contribution in [-0.4, -0.2) is 29.9 Å². The molecular formula is C12H13BrO4. The quantitative estimate of drug-likeness (QED) is 0.926. The van der Waals surface area contributed by atoms with Gasteiger partial charge in [-0.1, -0.05) is 15.9 Å². The van der Waals surface area contributed by atoms with Gasteiger partial charge in [0, 0.05) is 10.9 Å². The van der Waals surface area contributed by atoms with Crippen LogP contribution in [0.4, 0.5) is 0 Å². The van der Waals surface area contributed by atoms with E-state index in [4.69, 9.17) is 14.6 Å². The highest BCUT2D eigenvalue weighted by atomic mass is 79.9. The predicted octanol–water partition coefficient (Wildman–Crippen LogP) is 2.24. The SMILES string of the molecule is C[C@@H](OCC1Cc2cc(Br)ccc2O1)C(=O)O. The fraction of sp³-hybridized carbons (Fsp3) is 0.417. The predicted molar refractivity (Wildman–Crippen MR) is 65.3 cm³/mol. The first-order valence-corrected chi connectivity index (χ1v) is 6.15. The Hall–Kier alpha value is -1.07. The van der Waals surface area contributed by atoms with E-state index in [1.54, 1.807) is 0 Å². The van der Waals surface area contributed by atoms with Crippen molar-refractivity contribution in [2.45, 2.75) is 25.6 Å². The molecule has 1 heterocycles. The number of aliphatic carboxylic acids is 1. The molecule has 0 bridgehead atoms. The van der Waals surface area contributed by atoms with E-state index in [0.29, 0.717) is 6.61 Å². The van der Waals surface area contributed by atoms with Crippen LogP contribution in [0, 0.1) is 0 Å². The van der Waals surface area contributed by atoms with Gasteiger partial charge in [0.15, 0.2) is 6.10 Å². The molecule has 0 fully saturated rings. The Bertz CT molecular complexity index is 433. The van der Waals surface area contributed by atoms with Crippen LogP contribution in [0.5, 0.6) is 5.75 Å². The maximum atomic E-state index is 10.6. The molecule has 0 aromatic heterocycles. The summed E-state index contributed by atoms with van der Waals surface area (Å²) < 4.78 is 11.9. The highest BCUT2D eigenvalue weighted by molar-refractivity contribution is 9.10. The van der Waals surface area contributed by atoms with Crippen molar-refractivity contribution in [2.24, 2.45) is 0 Å². The van der Waals surface area contributed by atoms with Crippen molar-refractivity contribution < 1.29 is 19.4 Å². The Kier molecular flexibility index (Phi) is 3.69. The lowest BCUT2D eigenvalue weighted by Gasteiger charge is -2.13. The van der Waals surface area contributed by atoms with E-state index in [-0.39, 0.29) is 6.10 Å². The van der Waals surface area contributed by atoms with Gasteiger partial charge in [-0.2, -0.15) is 0 Å². The molecule has 1 aromatic carbocycles. The fourth-order valence-corrected chi connectivity index (χ4v) is 2.11. The average Bonchev–Trinajstić information content (AvgIpc) is 2.67. The number of hydrogen-bond donors (Lipinski definition) is 1. The molecule has 2 rings (SSSR count). The number of rotatable bonds is 4. The third-order valence-corrected chi connectivity index (χ3v) is 3.14. The number of carboxylic acids is 1. The Labute approximate surface area is 108 Å². The van der Waals surface area contributed by atoms with Gasteiger partial charge in [0.1, 0.15) is 11.9 Å². The molecule has 0 spiro atoms. The molecule has 1 aliphatic heterocycles. The Balaban J connectivity index is 1.90. The van der Waals surface area contributed by atoms with E-state index < -0.39 is 12.1 Å². The summed E-state index contributed by atoms with van der Waals surface area (Å²) >= 11 is 3.40. The topological polar surface area (TPSA) is 55.8 Å². The molecule has 1 aromatic rings. The monoisotopic (exact) mass is 300 g/mol. The lowest BCUT2D eigenvalue weighted by atomic mass is 10.1. The summed E-state index contributed by atoms with van der Waals surface area (Å²) in [5.74, 6) is -0.104. The molecule has 0 saturated carbocycles. The van der Waals surface area contributed by atoms with E-state index in [9.17, 15) is 4.79 Å². The van der Waals surface area contributed by atoms with E-state index in [1.165, 1.54) is 6.92 Å². The maximum Gasteiger partial charge on any atom is 0.332 e. The van der Waals surface area contributed by atoms with Gasteiger partial charge in [-0.05, 0) is 30.7 Å². The summed E-state index contributed by atoms with van der Waals surface area (Å²) in [6.07, 6.45) is -0.142. The summed E-state index contributed by atoms with van der Waals surface area (Å²) in [4.78, 5) is 10.6. The van der Waals surface area contributed by atoms with Crippen LogP contribution in [-0.2, 0) is 16.0 Å². The summed E-state index contributed by atoms with van der Waals surface area (Å²) in [5.41, 5.74) is 1.12. The van der Waals surface area contributed by atoms with E-state index >= 15 is 0 Å². The van der Waals surface area contributed by atoms with Gasteiger partial charge in [0.05, 0.1) is 6.61 Å². The minimum atomic E-state index is -0.955. The number of carboxylic acid groups (broad SMARTS) is 1. The van der Waals surface area contributed by atoms with Crippen LogP contribution in [0.1, 0.15) is 12.5 Å². The molecular weight excluding hydrogens is 288 g/mol. The number of benzene rings is 1. The van der Waals surface area contributed by atoms with Crippen molar-refractivity contribution >= 4 is 21.9 Å². The highest BCUT2D eigenvalue weighted by Crippen LogP contribution is 2.31. The van der Waals surface area contributed by atoms with Crippen LogP contribution in [0.25, 0.3) is 0 Å². The molecule has 1 N–H and O–H groups in total. The zero-order valence-electron chi connectivity index (χ0n) is 9.35. The van der Waals surface area contributed by atoms with Crippen molar-refractivity contribution in [2.75, 3.05) is 6.61 Å². The number of fused-ring (bicyclic) bond motifs is 1. The molecule has 1 aliphatic rings. The van der Waals surface area contributed by atoms with Gasteiger partial charge in [-0.25, -0.2) is 4.79 Å². The standard InChI is InChI=1S/C12H13BrO4/c1-7(12(14)15)16-6-10-5-8-4-9(13)2-3-11(8)17-10/h2-4,7,10H,5-6H2,1H3,(H,14,15)/t7-,10?/m1/s1. The largest absolute Gasteiger partial charge is 0.487 e. The first kappa shape index (κ1) is 12.4. The van der Waals surface area contributed by atoms with Crippen molar-refractivity contribution in [3.8, 4) is 5.75 Å². The van der Waals surface area contributed by atoms with Crippen molar-refractivity contribution in [1.29, 1.82) is 0 Å². The van der Waals surface area contributed by atoms with Gasteiger partial charge in [0.2, 0.25) is 0 Å². The summed E-state index contributed by atoms with van der Waals surface area (Å²) in [6, 6.07) is 5.83. The summed E-state index contributed by atoms with van der Waals surface area (Å²) in [7, 11) is 0. The van der Waals surface area contributed by atoms with Gasteiger partial charge >= 0.3 is 5.97 Å². The van der Waals surface area contributed by atoms with E-state index in [0.717, 1.165) is 22.2 Å². The Morgan fingerprint density at radius 2 is 2.47 bits per heavy atom. The first-order chi connectivity index (χ1) is 8.06. The number of ether oxygens (including phenoxy) is 2. The van der Waals surface area contributed by atoms with Gasteiger partial charge in [-0.3, -0.25) is 0 Å². The summed E-state index contributed by atoms with van der Waals surface area (Å²) in [5, 5.41) is 8.69. The van der Waals surface area contributed by atoms with Gasteiger partial charge in [0.25, 0.3) is 0 Å². The van der Waals surface area contributed by atoms with Gasteiger partial charge in [-0.15, -0.1) is 0 Å². The van der Waals surface area contributed by atoms with Crippen LogP contribution in [0.15, 0.2) is 22.7 Å². The van der Waals surface area contributed by atoms with Crippen molar-refractivity contribution in [3.63, 3.8) is 0 Å². The van der Waals surface area contributed by atoms with Crippen LogP contribution in [0.3, 0.4) is 0 Å². The van der Waals surface area contributed by atoms with Crippen molar-refractivity contribution in [1.82, 2.24) is 0 Å². The minimum absolute atomic E-state index is 0.0962. The molecule has 17 heavy (non-hydrogen) atoms. The molecule has 1 unspecified atom stereocenters. The average molecular weight is 301 g/mol. The van der Waals surface area contributed by atoms with Gasteiger partial charge < -0.3 is 14.6 Å². The lowest BCUT2D eigenvalue weighted by Crippen LogP contribution is -2.27.